The monoisotopic (exact) mass is 744 g/mol. The molecule has 5 aromatic rings. The van der Waals surface area contributed by atoms with Gasteiger partial charge in [-0.2, -0.15) is 0 Å². The summed E-state index contributed by atoms with van der Waals surface area (Å²) in [5, 5.41) is 6.08. The first-order chi connectivity index (χ1) is 27.0. The molecule has 0 atom stereocenters. The molecule has 55 heavy (non-hydrogen) atoms. The van der Waals surface area contributed by atoms with Crippen LogP contribution < -0.4 is 10.6 Å². The third-order valence-electron chi connectivity index (χ3n) is 10.8. The molecule has 6 heterocycles. The van der Waals surface area contributed by atoms with Gasteiger partial charge in [-0.25, -0.2) is 14.4 Å². The average molecular weight is 745 g/mol. The zero-order chi connectivity index (χ0) is 37.3. The molecule has 2 saturated heterocycles. The Labute approximate surface area is 317 Å². The molecule has 0 spiro atoms. The number of benzene rings is 3. The second-order valence-electron chi connectivity index (χ2n) is 14.6. The summed E-state index contributed by atoms with van der Waals surface area (Å²) in [6.07, 6.45) is 4.37. The van der Waals surface area contributed by atoms with Crippen LogP contribution >= 0.6 is 0 Å². The lowest BCUT2D eigenvalue weighted by atomic mass is 10.1. The zero-order valence-corrected chi connectivity index (χ0v) is 30.8. The molecule has 4 aliphatic heterocycles. The van der Waals surface area contributed by atoms with E-state index in [0.29, 0.717) is 82.1 Å². The van der Waals surface area contributed by atoms with Crippen molar-refractivity contribution in [3.63, 3.8) is 0 Å². The van der Waals surface area contributed by atoms with Crippen molar-refractivity contribution >= 4 is 45.8 Å². The Morgan fingerprint density at radius 1 is 0.636 bits per heavy atom. The highest BCUT2D eigenvalue weighted by molar-refractivity contribution is 5.98. The average Bonchev–Trinajstić information content (AvgIpc) is 3.85. The normalized spacial score (nSPS) is 17.2. The number of aromatic nitrogens is 4. The predicted molar refractivity (Wildman–Crippen MR) is 211 cm³/mol. The van der Waals surface area contributed by atoms with Crippen LogP contribution in [0.2, 0.25) is 0 Å². The molecule has 2 amide bonds. The number of fused-ring (bicyclic) bond motifs is 4. The first-order valence-corrected chi connectivity index (χ1v) is 19.4. The summed E-state index contributed by atoms with van der Waals surface area (Å²) in [7, 11) is 0. The quantitative estimate of drug-likeness (QED) is 0.168. The molecule has 4 aliphatic rings. The highest BCUT2D eigenvalue weighted by Crippen LogP contribution is 2.29. The van der Waals surface area contributed by atoms with Crippen molar-refractivity contribution in [3.05, 3.63) is 71.5 Å². The number of carbonyl (C=O) groups is 2. The Bertz CT molecular complexity index is 2310. The van der Waals surface area contributed by atoms with Gasteiger partial charge in [0.05, 0.1) is 27.6 Å². The van der Waals surface area contributed by atoms with Crippen LogP contribution in [-0.2, 0) is 0 Å². The number of guanidine groups is 2. The van der Waals surface area contributed by atoms with Gasteiger partial charge in [-0.1, -0.05) is 6.07 Å². The molecule has 284 valence electrons. The topological polar surface area (TPSA) is 153 Å². The summed E-state index contributed by atoms with van der Waals surface area (Å²) in [4.78, 5) is 60.5. The van der Waals surface area contributed by atoms with Gasteiger partial charge in [0.15, 0.2) is 11.9 Å². The highest BCUT2D eigenvalue weighted by Gasteiger charge is 2.26. The van der Waals surface area contributed by atoms with Gasteiger partial charge in [0.25, 0.3) is 11.8 Å². The third-order valence-corrected chi connectivity index (χ3v) is 10.8. The molecule has 9 rings (SSSR count). The van der Waals surface area contributed by atoms with E-state index in [1.54, 1.807) is 48.5 Å². The van der Waals surface area contributed by atoms with E-state index in [2.05, 4.69) is 50.2 Å². The van der Waals surface area contributed by atoms with Gasteiger partial charge in [0.2, 0.25) is 0 Å². The molecule has 14 nitrogen and oxygen atoms in total. The summed E-state index contributed by atoms with van der Waals surface area (Å²) in [6, 6.07) is 15.5. The summed E-state index contributed by atoms with van der Waals surface area (Å²) in [5.74, 6) is 2.16. The van der Waals surface area contributed by atoms with Crippen LogP contribution in [0.25, 0.3) is 44.8 Å². The van der Waals surface area contributed by atoms with Crippen molar-refractivity contribution in [1.82, 2.24) is 50.2 Å². The van der Waals surface area contributed by atoms with Crippen LogP contribution in [0.3, 0.4) is 0 Å². The van der Waals surface area contributed by atoms with E-state index in [9.17, 15) is 9.59 Å². The number of rotatable bonds is 10. The minimum atomic E-state index is -0.468. The van der Waals surface area contributed by atoms with Gasteiger partial charge in [-0.3, -0.25) is 19.6 Å². The number of aliphatic imine (C=N–C) groups is 2. The number of halogens is 1. The van der Waals surface area contributed by atoms with Crippen LogP contribution in [0.4, 0.5) is 4.39 Å². The van der Waals surface area contributed by atoms with Crippen molar-refractivity contribution in [1.29, 1.82) is 0 Å². The number of carbonyl (C=O) groups excluding carboxylic acids is 2. The SMILES string of the molecule is O=C(NCCN1CCCN2CCCN=C21)c1ccc2nc(-c3ccc(-c4nc5ccc(C(=O)NCCN6CCCN7CCCN=C76)cc5[nH]4)c(F)c3)[nH]c2c1. The summed E-state index contributed by atoms with van der Waals surface area (Å²) in [5.41, 5.74) is 4.52. The molecule has 4 N–H and O–H groups in total. The van der Waals surface area contributed by atoms with E-state index in [4.69, 9.17) is 9.98 Å². The zero-order valence-electron chi connectivity index (χ0n) is 30.8. The standard InChI is InChI=1S/C40H45FN12O2/c41-30-23-26(35-46-31-9-6-27(24-33(31)48-35)37(54)42-13-21-52-19-3-17-50-15-1-11-44-39(50)52)5-8-29(30)36-47-32-10-7-28(25-34(32)49-36)38(55)43-14-22-53-20-4-18-51-16-2-12-45-40(51)53/h5-10,23-25H,1-4,11-22H2,(H,42,54)(H,43,55)(H,46,48)(H,47,49). The van der Waals surface area contributed by atoms with Gasteiger partial charge in [0.1, 0.15) is 17.5 Å². The summed E-state index contributed by atoms with van der Waals surface area (Å²) in [6.45, 7) is 10.2. The Hall–Kier alpha value is -5.99. The Morgan fingerprint density at radius 2 is 1.16 bits per heavy atom. The maximum absolute atomic E-state index is 15.7. The van der Waals surface area contributed by atoms with E-state index >= 15 is 4.39 Å². The van der Waals surface area contributed by atoms with Gasteiger partial charge >= 0.3 is 0 Å². The van der Waals surface area contributed by atoms with E-state index in [1.165, 1.54) is 6.07 Å². The van der Waals surface area contributed by atoms with Gasteiger partial charge in [-0.05, 0) is 74.2 Å². The number of hydrogen-bond acceptors (Lipinski definition) is 10. The van der Waals surface area contributed by atoms with Crippen LogP contribution in [-0.4, -0.2) is 142 Å². The van der Waals surface area contributed by atoms with Gasteiger partial charge < -0.3 is 40.2 Å². The second kappa shape index (κ2) is 15.0. The van der Waals surface area contributed by atoms with E-state index < -0.39 is 5.82 Å². The highest BCUT2D eigenvalue weighted by atomic mass is 19.1. The van der Waals surface area contributed by atoms with Crippen molar-refractivity contribution in [2.24, 2.45) is 9.98 Å². The van der Waals surface area contributed by atoms with Gasteiger partial charge in [0, 0.05) is 95.2 Å². The van der Waals surface area contributed by atoms with Crippen LogP contribution in [0.15, 0.2) is 64.6 Å². The lowest BCUT2D eigenvalue weighted by Gasteiger charge is -2.41. The largest absolute Gasteiger partial charge is 0.350 e. The molecule has 0 aliphatic carbocycles. The maximum Gasteiger partial charge on any atom is 0.251 e. The lowest BCUT2D eigenvalue weighted by Crippen LogP contribution is -2.53. The first-order valence-electron chi connectivity index (χ1n) is 19.4. The molecule has 0 bridgehead atoms. The summed E-state index contributed by atoms with van der Waals surface area (Å²) < 4.78 is 15.7. The van der Waals surface area contributed by atoms with Gasteiger partial charge in [-0.15, -0.1) is 0 Å². The molecular formula is C40H45FN12O2. The first kappa shape index (κ1) is 34.8. The number of hydrogen-bond donors (Lipinski definition) is 4. The number of H-pyrrole nitrogens is 2. The molecule has 0 saturated carbocycles. The number of nitrogens with zero attached hydrogens (tertiary/aromatic N) is 8. The predicted octanol–water partition coefficient (Wildman–Crippen LogP) is 3.91. The van der Waals surface area contributed by atoms with Crippen molar-refractivity contribution in [2.75, 3.05) is 78.5 Å². The molecule has 0 unspecified atom stereocenters. The van der Waals surface area contributed by atoms with Crippen LogP contribution in [0, 0.1) is 5.82 Å². The van der Waals surface area contributed by atoms with E-state index in [0.717, 1.165) is 90.0 Å². The Kier molecular flexibility index (Phi) is 9.50. The second-order valence-corrected chi connectivity index (χ2v) is 14.6. The molecule has 15 heteroatoms. The molecule has 2 aromatic heterocycles. The fourth-order valence-electron chi connectivity index (χ4n) is 8.07. The molecule has 2 fully saturated rings. The fourth-order valence-corrected chi connectivity index (χ4v) is 8.07. The number of nitrogens with one attached hydrogen (secondary N) is 4. The third kappa shape index (κ3) is 7.18. The number of aromatic amines is 2. The van der Waals surface area contributed by atoms with Crippen molar-refractivity contribution < 1.29 is 14.0 Å². The Balaban J connectivity index is 0.828. The van der Waals surface area contributed by atoms with E-state index in [-0.39, 0.29) is 11.8 Å². The molecule has 3 aromatic carbocycles. The van der Waals surface area contributed by atoms with Crippen molar-refractivity contribution in [2.45, 2.75) is 25.7 Å². The number of amides is 2. The lowest BCUT2D eigenvalue weighted by molar-refractivity contribution is 0.0942. The van der Waals surface area contributed by atoms with Crippen LogP contribution in [0.5, 0.6) is 0 Å². The minimum absolute atomic E-state index is 0.161. The minimum Gasteiger partial charge on any atom is -0.350 e. The van der Waals surface area contributed by atoms with E-state index in [1.807, 2.05) is 0 Å². The molecule has 0 radical (unpaired) electrons. The van der Waals surface area contributed by atoms with Crippen molar-refractivity contribution in [3.8, 4) is 22.8 Å². The maximum atomic E-state index is 15.7. The molecular weight excluding hydrogens is 700 g/mol. The summed E-state index contributed by atoms with van der Waals surface area (Å²) >= 11 is 0. The fraction of sp³-hybridized carbons (Fsp3) is 0.400. The Morgan fingerprint density at radius 3 is 1.73 bits per heavy atom. The van der Waals surface area contributed by atoms with Crippen LogP contribution in [0.1, 0.15) is 46.4 Å². The number of imidazole rings is 2. The smallest absolute Gasteiger partial charge is 0.251 e.